The summed E-state index contributed by atoms with van der Waals surface area (Å²) in [7, 11) is 0. The van der Waals surface area contributed by atoms with E-state index in [0.717, 1.165) is 5.92 Å². The summed E-state index contributed by atoms with van der Waals surface area (Å²) in [5, 5.41) is 2.77. The Kier molecular flexibility index (Phi) is 4.61. The molecular formula is C25H28. The minimum absolute atomic E-state index is 0.768. The maximum Gasteiger partial charge on any atom is -0.00994 e. The van der Waals surface area contributed by atoms with Gasteiger partial charge in [-0.2, -0.15) is 0 Å². The molecule has 0 unspecified atom stereocenters. The van der Waals surface area contributed by atoms with Crippen LogP contribution in [0.5, 0.6) is 0 Å². The maximum atomic E-state index is 2.54. The summed E-state index contributed by atoms with van der Waals surface area (Å²) in [6.07, 6.45) is 15.7. The van der Waals surface area contributed by atoms with Crippen molar-refractivity contribution >= 4 is 12.2 Å². The highest BCUT2D eigenvalue weighted by atomic mass is 14.2. The van der Waals surface area contributed by atoms with E-state index >= 15 is 0 Å². The van der Waals surface area contributed by atoms with Gasteiger partial charge < -0.3 is 0 Å². The van der Waals surface area contributed by atoms with Crippen molar-refractivity contribution in [1.82, 2.24) is 0 Å². The van der Waals surface area contributed by atoms with E-state index in [1.165, 1.54) is 76.8 Å². The molecule has 0 amide bonds. The van der Waals surface area contributed by atoms with Crippen LogP contribution >= 0.6 is 0 Å². The third kappa shape index (κ3) is 3.63. The summed E-state index contributed by atoms with van der Waals surface area (Å²) < 4.78 is 0. The average molecular weight is 328 g/mol. The first-order valence-corrected chi connectivity index (χ1v) is 9.82. The molecule has 0 aliphatic heterocycles. The van der Waals surface area contributed by atoms with Crippen LogP contribution in [0.1, 0.15) is 49.7 Å². The largest absolute Gasteiger partial charge is 0.0741 e. The Labute approximate surface area is 151 Å². The van der Waals surface area contributed by atoms with Crippen LogP contribution in [0.2, 0.25) is 0 Å². The van der Waals surface area contributed by atoms with Gasteiger partial charge in [0.1, 0.15) is 0 Å². The highest BCUT2D eigenvalue weighted by Crippen LogP contribution is 2.26. The molecule has 0 radical (unpaired) electrons. The minimum atomic E-state index is 0.768. The number of aryl methyl sites for hydroxylation is 2. The van der Waals surface area contributed by atoms with E-state index in [-0.39, 0.29) is 0 Å². The van der Waals surface area contributed by atoms with Crippen molar-refractivity contribution in [3.05, 3.63) is 69.6 Å². The smallest absolute Gasteiger partial charge is 0.00994 e. The van der Waals surface area contributed by atoms with Gasteiger partial charge in [0, 0.05) is 0 Å². The third-order valence-corrected chi connectivity index (χ3v) is 5.63. The lowest BCUT2D eigenvalue weighted by Gasteiger charge is -2.08. The molecule has 0 saturated heterocycles. The third-order valence-electron chi connectivity index (χ3n) is 5.63. The van der Waals surface area contributed by atoms with E-state index in [9.17, 15) is 0 Å². The van der Waals surface area contributed by atoms with Crippen molar-refractivity contribution in [2.24, 2.45) is 5.92 Å². The van der Waals surface area contributed by atoms with Crippen LogP contribution in [0.4, 0.5) is 0 Å². The van der Waals surface area contributed by atoms with E-state index in [1.807, 2.05) is 0 Å². The second-order valence-electron chi connectivity index (χ2n) is 7.89. The topological polar surface area (TPSA) is 0 Å². The van der Waals surface area contributed by atoms with Gasteiger partial charge in [-0.05, 0) is 71.9 Å². The fourth-order valence-corrected chi connectivity index (χ4v) is 4.49. The predicted octanol–water partition coefficient (Wildman–Crippen LogP) is 5.44. The molecule has 2 aromatic carbocycles. The molecule has 1 saturated carbocycles. The number of hydrogen-bond acceptors (Lipinski definition) is 0. The summed E-state index contributed by atoms with van der Waals surface area (Å²) in [5.74, 6) is 0.768. The highest BCUT2D eigenvalue weighted by molar-refractivity contribution is 5.78. The number of fused-ring (bicyclic) bond motifs is 1. The van der Waals surface area contributed by atoms with Crippen molar-refractivity contribution in [3.8, 4) is 11.1 Å². The maximum absolute atomic E-state index is 2.54. The van der Waals surface area contributed by atoms with Crippen LogP contribution in [0, 0.1) is 19.8 Å². The van der Waals surface area contributed by atoms with Crippen molar-refractivity contribution in [3.63, 3.8) is 0 Å². The molecule has 0 atom stereocenters. The van der Waals surface area contributed by atoms with Crippen LogP contribution in [0.3, 0.4) is 0 Å². The molecule has 4 rings (SSSR count). The Hall–Kier alpha value is -2.08. The molecule has 2 aromatic rings. The zero-order valence-corrected chi connectivity index (χ0v) is 15.5. The molecular weight excluding hydrogens is 300 g/mol. The second-order valence-corrected chi connectivity index (χ2v) is 7.89. The molecule has 0 spiro atoms. The number of allylic oxidation sites excluding steroid dienone is 2. The Bertz CT molecular complexity index is 899. The van der Waals surface area contributed by atoms with E-state index in [1.54, 1.807) is 0 Å². The molecule has 0 heterocycles. The molecule has 25 heavy (non-hydrogen) atoms. The van der Waals surface area contributed by atoms with Crippen molar-refractivity contribution in [1.29, 1.82) is 0 Å². The molecule has 2 aliphatic carbocycles. The number of rotatable bonds is 2. The lowest BCUT2D eigenvalue weighted by molar-refractivity contribution is 0.558. The Morgan fingerprint density at radius 1 is 0.840 bits per heavy atom. The molecule has 1 fully saturated rings. The number of benzene rings is 2. The zero-order chi connectivity index (χ0) is 17.2. The summed E-state index contributed by atoms with van der Waals surface area (Å²) in [5.41, 5.74) is 6.80. The fourth-order valence-electron chi connectivity index (χ4n) is 4.49. The normalized spacial score (nSPS) is 19.2. The van der Waals surface area contributed by atoms with Crippen LogP contribution in [-0.2, 0) is 0 Å². The van der Waals surface area contributed by atoms with Gasteiger partial charge in [-0.1, -0.05) is 79.3 Å². The second kappa shape index (κ2) is 7.04. The standard InChI is InChI=1S/C25H28/c1-18-12-19(2)14-23(13-18)24-11-7-10-22-16-21(17-25(22)24)15-20-8-5-3-4-6-9-20/h7,10-17,20H,3-6,8-9H2,1-2H3. The molecule has 0 nitrogen and oxygen atoms in total. The van der Waals surface area contributed by atoms with Gasteiger partial charge in [-0.25, -0.2) is 0 Å². The lowest BCUT2D eigenvalue weighted by atomic mass is 9.97. The quantitative estimate of drug-likeness (QED) is 0.644. The van der Waals surface area contributed by atoms with Gasteiger partial charge in [0.2, 0.25) is 0 Å². The van der Waals surface area contributed by atoms with Gasteiger partial charge in [0.25, 0.3) is 0 Å². The minimum Gasteiger partial charge on any atom is -0.0741 e. The summed E-state index contributed by atoms with van der Waals surface area (Å²) in [6.45, 7) is 4.37. The highest BCUT2D eigenvalue weighted by Gasteiger charge is 2.12. The predicted molar refractivity (Wildman–Crippen MR) is 109 cm³/mol. The van der Waals surface area contributed by atoms with Gasteiger partial charge in [-0.3, -0.25) is 0 Å². The van der Waals surface area contributed by atoms with Crippen molar-refractivity contribution < 1.29 is 0 Å². The zero-order valence-electron chi connectivity index (χ0n) is 15.5. The summed E-state index contributed by atoms with van der Waals surface area (Å²) in [6, 6.07) is 13.6. The van der Waals surface area contributed by atoms with Crippen molar-refractivity contribution in [2.75, 3.05) is 0 Å². The SMILES string of the molecule is Cc1cc(C)cc(-c2cccc3c2=CC(=CC2CCCCCC2)C=3)c1. The summed E-state index contributed by atoms with van der Waals surface area (Å²) in [4.78, 5) is 0. The molecule has 2 aliphatic rings. The Morgan fingerprint density at radius 3 is 2.28 bits per heavy atom. The Morgan fingerprint density at radius 2 is 1.56 bits per heavy atom. The molecule has 128 valence electrons. The van der Waals surface area contributed by atoms with Crippen LogP contribution in [0.25, 0.3) is 23.3 Å². The first-order chi connectivity index (χ1) is 12.2. The molecule has 0 N–H and O–H groups in total. The van der Waals surface area contributed by atoms with E-state index < -0.39 is 0 Å². The van der Waals surface area contributed by atoms with Gasteiger partial charge >= 0.3 is 0 Å². The lowest BCUT2D eigenvalue weighted by Crippen LogP contribution is -2.23. The average Bonchev–Trinajstić information content (AvgIpc) is 2.81. The first kappa shape index (κ1) is 16.4. The fraction of sp³-hybridized carbons (Fsp3) is 0.360. The van der Waals surface area contributed by atoms with Gasteiger partial charge in [0.05, 0.1) is 0 Å². The first-order valence-electron chi connectivity index (χ1n) is 9.82. The summed E-state index contributed by atoms with van der Waals surface area (Å²) >= 11 is 0. The van der Waals surface area contributed by atoms with E-state index in [0.29, 0.717) is 0 Å². The Balaban J connectivity index is 1.75. The van der Waals surface area contributed by atoms with E-state index in [4.69, 9.17) is 0 Å². The van der Waals surface area contributed by atoms with Crippen LogP contribution in [0.15, 0.2) is 48.0 Å². The van der Waals surface area contributed by atoms with Crippen LogP contribution in [-0.4, -0.2) is 0 Å². The van der Waals surface area contributed by atoms with Crippen molar-refractivity contribution in [2.45, 2.75) is 52.4 Å². The van der Waals surface area contributed by atoms with Gasteiger partial charge in [-0.15, -0.1) is 0 Å². The molecule has 0 heteroatoms. The molecule has 0 bridgehead atoms. The van der Waals surface area contributed by atoms with Gasteiger partial charge in [0.15, 0.2) is 0 Å². The monoisotopic (exact) mass is 328 g/mol. The number of hydrogen-bond donors (Lipinski definition) is 0. The molecule has 0 aromatic heterocycles. The van der Waals surface area contributed by atoms with Crippen LogP contribution < -0.4 is 10.4 Å². The van der Waals surface area contributed by atoms with E-state index in [2.05, 4.69) is 68.5 Å².